The second kappa shape index (κ2) is 4.95. The molecule has 0 aliphatic carbocycles. The summed E-state index contributed by atoms with van der Waals surface area (Å²) in [6, 6.07) is 3.42. The summed E-state index contributed by atoms with van der Waals surface area (Å²) in [5.41, 5.74) is 0.614. The number of hydrogen-bond acceptors (Lipinski definition) is 4. The van der Waals surface area contributed by atoms with Crippen LogP contribution in [-0.4, -0.2) is 25.2 Å². The van der Waals surface area contributed by atoms with Gasteiger partial charge in [-0.1, -0.05) is 0 Å². The number of rotatable bonds is 3. The summed E-state index contributed by atoms with van der Waals surface area (Å²) >= 11 is 3.22. The number of esters is 1. The second-order valence-corrected chi connectivity index (χ2v) is 3.39. The van der Waals surface area contributed by atoms with Gasteiger partial charge in [0.15, 0.2) is 0 Å². The highest BCUT2D eigenvalue weighted by Gasteiger charge is 2.06. The molecule has 1 rings (SSSR count). The average molecular weight is 260 g/mol. The van der Waals surface area contributed by atoms with Crippen LogP contribution in [-0.2, 0) is 16.0 Å². The molecule has 0 N–H and O–H groups in total. The molecule has 0 aromatic carbocycles. The van der Waals surface area contributed by atoms with Crippen molar-refractivity contribution in [3.63, 3.8) is 0 Å². The number of pyridine rings is 1. The monoisotopic (exact) mass is 259 g/mol. The van der Waals surface area contributed by atoms with E-state index in [2.05, 4.69) is 25.7 Å². The predicted molar refractivity (Wildman–Crippen MR) is 54.2 cm³/mol. The molecule has 5 heteroatoms. The first-order chi connectivity index (χ1) is 6.65. The molecule has 0 saturated heterocycles. The molecule has 0 bridgehead atoms. The van der Waals surface area contributed by atoms with Gasteiger partial charge in [0, 0.05) is 12.1 Å². The van der Waals surface area contributed by atoms with E-state index in [1.165, 1.54) is 7.11 Å². The zero-order chi connectivity index (χ0) is 10.6. The van der Waals surface area contributed by atoms with Gasteiger partial charge in [-0.25, -0.2) is 4.98 Å². The zero-order valence-corrected chi connectivity index (χ0v) is 9.50. The molecular formula is C9H10BrNO3. The van der Waals surface area contributed by atoms with E-state index in [0.717, 1.165) is 0 Å². The van der Waals surface area contributed by atoms with E-state index in [0.29, 0.717) is 16.0 Å². The van der Waals surface area contributed by atoms with E-state index in [4.69, 9.17) is 4.74 Å². The topological polar surface area (TPSA) is 48.4 Å². The van der Waals surface area contributed by atoms with Crippen LogP contribution < -0.4 is 4.74 Å². The van der Waals surface area contributed by atoms with Crippen LogP contribution >= 0.6 is 15.9 Å². The van der Waals surface area contributed by atoms with E-state index in [1.54, 1.807) is 19.2 Å². The van der Waals surface area contributed by atoms with Crippen LogP contribution in [0, 0.1) is 0 Å². The number of methoxy groups -OCH3 is 2. The molecule has 0 spiro atoms. The van der Waals surface area contributed by atoms with Gasteiger partial charge in [-0.2, -0.15) is 0 Å². The highest BCUT2D eigenvalue weighted by atomic mass is 79.9. The molecule has 0 fully saturated rings. The number of halogens is 1. The molecule has 1 aromatic rings. The summed E-state index contributed by atoms with van der Waals surface area (Å²) in [5.74, 6) is 0.337. The third-order valence-electron chi connectivity index (χ3n) is 1.61. The highest BCUT2D eigenvalue weighted by molar-refractivity contribution is 9.10. The van der Waals surface area contributed by atoms with Crippen LogP contribution in [0.15, 0.2) is 16.7 Å². The normalized spacial score (nSPS) is 9.64. The first-order valence-electron chi connectivity index (χ1n) is 3.93. The molecule has 0 atom stereocenters. The Balaban J connectivity index is 2.86. The number of aromatic nitrogens is 1. The molecule has 76 valence electrons. The fraction of sp³-hybridized carbons (Fsp3) is 0.333. The first kappa shape index (κ1) is 11.0. The Morgan fingerprint density at radius 1 is 1.50 bits per heavy atom. The lowest BCUT2D eigenvalue weighted by Crippen LogP contribution is -2.06. The lowest BCUT2D eigenvalue weighted by Gasteiger charge is -2.03. The van der Waals surface area contributed by atoms with E-state index >= 15 is 0 Å². The van der Waals surface area contributed by atoms with Crippen LogP contribution in [0.1, 0.15) is 5.69 Å². The quantitative estimate of drug-likeness (QED) is 0.611. The average Bonchev–Trinajstić information content (AvgIpc) is 2.16. The van der Waals surface area contributed by atoms with E-state index < -0.39 is 0 Å². The smallest absolute Gasteiger partial charge is 0.311 e. The Hall–Kier alpha value is -1.10. The van der Waals surface area contributed by atoms with Crippen LogP contribution in [0.4, 0.5) is 0 Å². The molecule has 1 heterocycles. The number of nitrogens with zero attached hydrogens (tertiary/aromatic N) is 1. The second-order valence-electron chi connectivity index (χ2n) is 2.57. The molecular weight excluding hydrogens is 250 g/mol. The van der Waals surface area contributed by atoms with Crippen molar-refractivity contribution in [3.8, 4) is 5.75 Å². The maximum Gasteiger partial charge on any atom is 0.311 e. The fourth-order valence-electron chi connectivity index (χ4n) is 0.953. The predicted octanol–water partition coefficient (Wildman–Crippen LogP) is 1.57. The maximum atomic E-state index is 11.0. The molecule has 0 aliphatic rings. The lowest BCUT2D eigenvalue weighted by molar-refractivity contribution is -0.139. The van der Waals surface area contributed by atoms with E-state index in [-0.39, 0.29) is 12.4 Å². The Morgan fingerprint density at radius 2 is 2.21 bits per heavy atom. The van der Waals surface area contributed by atoms with Gasteiger partial charge in [0.1, 0.15) is 10.4 Å². The van der Waals surface area contributed by atoms with Gasteiger partial charge < -0.3 is 9.47 Å². The molecule has 0 radical (unpaired) electrons. The van der Waals surface area contributed by atoms with Crippen LogP contribution in [0.25, 0.3) is 0 Å². The third kappa shape index (κ3) is 2.99. The molecule has 0 aliphatic heterocycles. The summed E-state index contributed by atoms with van der Waals surface area (Å²) in [6.07, 6.45) is 0.145. The van der Waals surface area contributed by atoms with Crippen molar-refractivity contribution < 1.29 is 14.3 Å². The summed E-state index contributed by atoms with van der Waals surface area (Å²) in [5, 5.41) is 0. The minimum Gasteiger partial charge on any atom is -0.497 e. The molecule has 14 heavy (non-hydrogen) atoms. The number of carbonyl (C=O) groups excluding carboxylic acids is 1. The molecule has 0 saturated carbocycles. The number of hydrogen-bond donors (Lipinski definition) is 0. The summed E-state index contributed by atoms with van der Waals surface area (Å²) in [7, 11) is 2.90. The van der Waals surface area contributed by atoms with Crippen molar-refractivity contribution in [3.05, 3.63) is 22.4 Å². The van der Waals surface area contributed by atoms with Crippen molar-refractivity contribution in [1.29, 1.82) is 0 Å². The zero-order valence-electron chi connectivity index (χ0n) is 7.91. The van der Waals surface area contributed by atoms with Gasteiger partial charge in [-0.15, -0.1) is 0 Å². The third-order valence-corrected chi connectivity index (χ3v) is 2.02. The SMILES string of the molecule is COC(=O)Cc1cc(OC)cc(Br)n1. The minimum absolute atomic E-state index is 0.145. The number of carbonyl (C=O) groups is 1. The molecule has 4 nitrogen and oxygen atoms in total. The van der Waals surface area contributed by atoms with Crippen molar-refractivity contribution in [2.45, 2.75) is 6.42 Å². The van der Waals surface area contributed by atoms with E-state index in [9.17, 15) is 4.79 Å². The maximum absolute atomic E-state index is 11.0. The van der Waals surface area contributed by atoms with Gasteiger partial charge >= 0.3 is 5.97 Å². The fourth-order valence-corrected chi connectivity index (χ4v) is 1.41. The lowest BCUT2D eigenvalue weighted by atomic mass is 10.2. The van der Waals surface area contributed by atoms with Gasteiger partial charge in [0.25, 0.3) is 0 Å². The van der Waals surface area contributed by atoms with Crippen molar-refractivity contribution in [2.24, 2.45) is 0 Å². The Bertz CT molecular complexity index is 341. The van der Waals surface area contributed by atoms with Crippen LogP contribution in [0.2, 0.25) is 0 Å². The van der Waals surface area contributed by atoms with Crippen LogP contribution in [0.3, 0.4) is 0 Å². The molecule has 0 amide bonds. The first-order valence-corrected chi connectivity index (χ1v) is 4.72. The Kier molecular flexibility index (Phi) is 3.88. The molecule has 1 aromatic heterocycles. The standard InChI is InChI=1S/C9H10BrNO3/c1-13-7-3-6(4-9(12)14-2)11-8(10)5-7/h3,5H,4H2,1-2H3. The highest BCUT2D eigenvalue weighted by Crippen LogP contribution is 2.18. The van der Waals surface area contributed by atoms with Crippen molar-refractivity contribution >= 4 is 21.9 Å². The van der Waals surface area contributed by atoms with Gasteiger partial charge in [0.2, 0.25) is 0 Å². The van der Waals surface area contributed by atoms with Gasteiger partial charge in [-0.05, 0) is 15.9 Å². The van der Waals surface area contributed by atoms with Gasteiger partial charge in [0.05, 0.1) is 26.3 Å². The van der Waals surface area contributed by atoms with Crippen molar-refractivity contribution in [1.82, 2.24) is 4.98 Å². The van der Waals surface area contributed by atoms with Crippen LogP contribution in [0.5, 0.6) is 5.75 Å². The Morgan fingerprint density at radius 3 is 2.79 bits per heavy atom. The van der Waals surface area contributed by atoms with E-state index in [1.807, 2.05) is 0 Å². The molecule has 0 unspecified atom stereocenters. The summed E-state index contributed by atoms with van der Waals surface area (Å²) in [4.78, 5) is 15.1. The van der Waals surface area contributed by atoms with Gasteiger partial charge in [-0.3, -0.25) is 4.79 Å². The largest absolute Gasteiger partial charge is 0.497 e. The summed E-state index contributed by atoms with van der Waals surface area (Å²) < 4.78 is 10.2. The summed E-state index contributed by atoms with van der Waals surface area (Å²) in [6.45, 7) is 0. The van der Waals surface area contributed by atoms with Crippen molar-refractivity contribution in [2.75, 3.05) is 14.2 Å². The number of ether oxygens (including phenoxy) is 2. The minimum atomic E-state index is -0.322. The Labute approximate surface area is 90.4 Å².